The second-order valence-corrected chi connectivity index (χ2v) is 6.38. The topological polar surface area (TPSA) is 59.3 Å². The molecule has 2 rings (SSSR count). The maximum atomic E-state index is 11.7. The molecule has 1 N–H and O–H groups in total. The zero-order valence-electron chi connectivity index (χ0n) is 10.9. The Morgan fingerprint density at radius 3 is 3.00 bits per heavy atom. The van der Waals surface area contributed by atoms with E-state index in [2.05, 4.69) is 41.7 Å². The Morgan fingerprint density at radius 2 is 2.28 bits per heavy atom. The Hall–Kier alpha value is -1.43. The molecule has 0 unspecified atom stereocenters. The van der Waals surface area contributed by atoms with Crippen LogP contribution in [0.3, 0.4) is 0 Å². The van der Waals surface area contributed by atoms with E-state index in [4.69, 9.17) is 0 Å². The van der Waals surface area contributed by atoms with Gasteiger partial charge >= 0.3 is 0 Å². The van der Waals surface area contributed by atoms with Crippen LogP contribution in [0.25, 0.3) is 4.96 Å². The summed E-state index contributed by atoms with van der Waals surface area (Å²) in [5.41, 5.74) is 1.17. The maximum absolute atomic E-state index is 11.7. The third-order valence-electron chi connectivity index (χ3n) is 2.52. The minimum atomic E-state index is 0.0357. The fourth-order valence-corrected chi connectivity index (χ4v) is 2.58. The Bertz CT molecular complexity index is 538. The Morgan fingerprint density at radius 1 is 1.50 bits per heavy atom. The van der Waals surface area contributed by atoms with Gasteiger partial charge in [-0.05, 0) is 5.41 Å². The van der Waals surface area contributed by atoms with Gasteiger partial charge in [0.2, 0.25) is 10.9 Å². The number of nitrogens with one attached hydrogen (secondary N) is 1. The molecule has 0 aromatic carbocycles. The van der Waals surface area contributed by atoms with Crippen molar-refractivity contribution in [2.45, 2.75) is 33.6 Å². The van der Waals surface area contributed by atoms with Crippen LogP contribution in [-0.2, 0) is 11.2 Å². The average Bonchev–Trinajstić information content (AvgIpc) is 2.79. The highest BCUT2D eigenvalue weighted by Crippen LogP contribution is 2.18. The molecule has 0 atom stereocenters. The number of carbonyl (C=O) groups excluding carboxylic acids is 1. The molecule has 0 aliphatic carbocycles. The van der Waals surface area contributed by atoms with E-state index >= 15 is 0 Å². The van der Waals surface area contributed by atoms with Crippen LogP contribution < -0.4 is 5.32 Å². The molecule has 0 fully saturated rings. The molecule has 0 aliphatic heterocycles. The first-order valence-electron chi connectivity index (χ1n) is 5.98. The maximum Gasteiger partial charge on any atom is 0.220 e. The fraction of sp³-hybridized carbons (Fsp3) is 0.583. The summed E-state index contributed by atoms with van der Waals surface area (Å²) in [5, 5.41) is 12.8. The van der Waals surface area contributed by atoms with Crippen molar-refractivity contribution < 1.29 is 4.79 Å². The van der Waals surface area contributed by atoms with E-state index in [-0.39, 0.29) is 11.3 Å². The summed E-state index contributed by atoms with van der Waals surface area (Å²) in [5.74, 6) is 0.109. The molecule has 0 bridgehead atoms. The zero-order chi connectivity index (χ0) is 13.2. The molecule has 0 saturated carbocycles. The van der Waals surface area contributed by atoms with Gasteiger partial charge in [-0.25, -0.2) is 0 Å². The minimum absolute atomic E-state index is 0.0357. The smallest absolute Gasteiger partial charge is 0.220 e. The van der Waals surface area contributed by atoms with E-state index in [1.165, 1.54) is 0 Å². The number of carbonyl (C=O) groups is 1. The van der Waals surface area contributed by atoms with Gasteiger partial charge in [0, 0.05) is 30.5 Å². The summed E-state index contributed by atoms with van der Waals surface area (Å²) in [4.78, 5) is 12.6. The van der Waals surface area contributed by atoms with Crippen molar-refractivity contribution in [1.29, 1.82) is 0 Å². The summed E-state index contributed by atoms with van der Waals surface area (Å²) < 4.78 is 1.96. The van der Waals surface area contributed by atoms with E-state index < -0.39 is 0 Å². The highest BCUT2D eigenvalue weighted by Gasteiger charge is 2.15. The molecule has 18 heavy (non-hydrogen) atoms. The number of rotatable bonds is 4. The molecule has 0 spiro atoms. The Balaban J connectivity index is 1.83. The molecule has 0 saturated heterocycles. The van der Waals surface area contributed by atoms with Gasteiger partial charge in [0.1, 0.15) is 6.33 Å². The molecule has 0 aliphatic rings. The van der Waals surface area contributed by atoms with E-state index in [9.17, 15) is 4.79 Å². The summed E-state index contributed by atoms with van der Waals surface area (Å²) >= 11 is 1.57. The number of hydrogen-bond acceptors (Lipinski definition) is 4. The van der Waals surface area contributed by atoms with Crippen LogP contribution in [0.15, 0.2) is 11.7 Å². The largest absolute Gasteiger partial charge is 0.356 e. The average molecular weight is 266 g/mol. The summed E-state index contributed by atoms with van der Waals surface area (Å²) in [6.07, 6.45) is 3.06. The van der Waals surface area contributed by atoms with Crippen molar-refractivity contribution in [2.75, 3.05) is 6.54 Å². The van der Waals surface area contributed by atoms with Crippen LogP contribution in [0.2, 0.25) is 0 Å². The molecule has 2 aromatic heterocycles. The first-order chi connectivity index (χ1) is 8.46. The van der Waals surface area contributed by atoms with Crippen LogP contribution in [0.4, 0.5) is 0 Å². The zero-order valence-corrected chi connectivity index (χ0v) is 11.8. The van der Waals surface area contributed by atoms with Crippen molar-refractivity contribution in [3.8, 4) is 0 Å². The SMILES string of the molecule is CC(C)(C)CC(=O)NCCc1csc2nncn12. The summed E-state index contributed by atoms with van der Waals surface area (Å²) in [6.45, 7) is 6.84. The third-order valence-corrected chi connectivity index (χ3v) is 3.40. The second kappa shape index (κ2) is 5.06. The lowest BCUT2D eigenvalue weighted by molar-refractivity contribution is -0.122. The van der Waals surface area contributed by atoms with Gasteiger partial charge in [0.25, 0.3) is 0 Å². The van der Waals surface area contributed by atoms with Crippen molar-refractivity contribution in [3.63, 3.8) is 0 Å². The first-order valence-corrected chi connectivity index (χ1v) is 6.86. The molecule has 0 radical (unpaired) electrons. The predicted molar refractivity (Wildman–Crippen MR) is 71.6 cm³/mol. The lowest BCUT2D eigenvalue weighted by Crippen LogP contribution is -2.29. The van der Waals surface area contributed by atoms with Gasteiger partial charge in [0.05, 0.1) is 0 Å². The number of amides is 1. The molecular weight excluding hydrogens is 248 g/mol. The van der Waals surface area contributed by atoms with Gasteiger partial charge < -0.3 is 5.32 Å². The van der Waals surface area contributed by atoms with E-state index in [1.807, 2.05) is 4.40 Å². The second-order valence-electron chi connectivity index (χ2n) is 5.55. The van der Waals surface area contributed by atoms with Crippen LogP contribution in [0, 0.1) is 5.41 Å². The monoisotopic (exact) mass is 266 g/mol. The van der Waals surface area contributed by atoms with Crippen molar-refractivity contribution >= 4 is 22.2 Å². The summed E-state index contributed by atoms with van der Waals surface area (Å²) in [7, 11) is 0. The van der Waals surface area contributed by atoms with Crippen LogP contribution in [0.5, 0.6) is 0 Å². The highest BCUT2D eigenvalue weighted by molar-refractivity contribution is 7.15. The van der Waals surface area contributed by atoms with Crippen molar-refractivity contribution in [2.24, 2.45) is 5.41 Å². The van der Waals surface area contributed by atoms with Gasteiger partial charge in [0.15, 0.2) is 0 Å². The van der Waals surface area contributed by atoms with Gasteiger partial charge in [-0.15, -0.1) is 21.5 Å². The number of nitrogens with zero attached hydrogens (tertiary/aromatic N) is 3. The van der Waals surface area contributed by atoms with Crippen LogP contribution in [-0.4, -0.2) is 27.0 Å². The molecule has 2 aromatic rings. The van der Waals surface area contributed by atoms with Crippen LogP contribution >= 0.6 is 11.3 Å². The molecule has 2 heterocycles. The molecular formula is C12H18N4OS. The number of thiazole rings is 1. The normalized spacial score (nSPS) is 11.9. The molecule has 6 heteroatoms. The quantitative estimate of drug-likeness (QED) is 0.919. The minimum Gasteiger partial charge on any atom is -0.356 e. The number of hydrogen-bond donors (Lipinski definition) is 1. The van der Waals surface area contributed by atoms with Gasteiger partial charge in [-0.1, -0.05) is 20.8 Å². The molecule has 98 valence electrons. The lowest BCUT2D eigenvalue weighted by atomic mass is 9.92. The van der Waals surface area contributed by atoms with Gasteiger partial charge in [-0.3, -0.25) is 9.20 Å². The summed E-state index contributed by atoms with van der Waals surface area (Å²) in [6, 6.07) is 0. The first kappa shape index (κ1) is 13.0. The van der Waals surface area contributed by atoms with E-state index in [0.717, 1.165) is 17.1 Å². The highest BCUT2D eigenvalue weighted by atomic mass is 32.1. The Labute approximate surface area is 110 Å². The Kier molecular flexibility index (Phi) is 3.65. The molecule has 5 nitrogen and oxygen atoms in total. The van der Waals surface area contributed by atoms with E-state index in [0.29, 0.717) is 13.0 Å². The third kappa shape index (κ3) is 3.29. The predicted octanol–water partition coefficient (Wildman–Crippen LogP) is 1.89. The number of fused-ring (bicyclic) bond motifs is 1. The lowest BCUT2D eigenvalue weighted by Gasteiger charge is -2.17. The van der Waals surface area contributed by atoms with Crippen LogP contribution in [0.1, 0.15) is 32.9 Å². The van der Waals surface area contributed by atoms with Crippen molar-refractivity contribution in [3.05, 3.63) is 17.4 Å². The fourth-order valence-electron chi connectivity index (χ4n) is 1.73. The molecule has 1 amide bonds. The van der Waals surface area contributed by atoms with Gasteiger partial charge in [-0.2, -0.15) is 0 Å². The number of aromatic nitrogens is 3. The van der Waals surface area contributed by atoms with Crippen molar-refractivity contribution in [1.82, 2.24) is 19.9 Å². The van der Waals surface area contributed by atoms with E-state index in [1.54, 1.807) is 17.7 Å². The standard InChI is InChI=1S/C12H18N4OS/c1-12(2,3)6-10(17)13-5-4-9-7-18-11-15-14-8-16(9)11/h7-8H,4-6H2,1-3H3,(H,13,17).